The van der Waals surface area contributed by atoms with E-state index in [2.05, 4.69) is 21.6 Å². The van der Waals surface area contributed by atoms with E-state index in [1.807, 2.05) is 14.0 Å². The Labute approximate surface area is 110 Å². The summed E-state index contributed by atoms with van der Waals surface area (Å²) in [5, 5.41) is 19.6. The maximum absolute atomic E-state index is 11.4. The maximum atomic E-state index is 11.4. The van der Waals surface area contributed by atoms with Crippen LogP contribution in [0.4, 0.5) is 0 Å². The molecule has 6 nitrogen and oxygen atoms in total. The number of aromatic nitrogens is 3. The fraction of sp³-hybridized carbons (Fsp3) is 0.727. The summed E-state index contributed by atoms with van der Waals surface area (Å²) in [6, 6.07) is 2.38. The Morgan fingerprint density at radius 3 is 2.94 bits per heavy atom. The van der Waals surface area contributed by atoms with Gasteiger partial charge in [-0.25, -0.2) is 9.89 Å². The van der Waals surface area contributed by atoms with E-state index in [9.17, 15) is 10.1 Å². The van der Waals surface area contributed by atoms with E-state index >= 15 is 0 Å². The van der Waals surface area contributed by atoms with Gasteiger partial charge in [-0.05, 0) is 32.7 Å². The van der Waals surface area contributed by atoms with Gasteiger partial charge >= 0.3 is 5.69 Å². The average molecular weight is 267 g/mol. The van der Waals surface area contributed by atoms with Crippen molar-refractivity contribution in [1.29, 1.82) is 5.26 Å². The van der Waals surface area contributed by atoms with E-state index < -0.39 is 5.54 Å². The van der Waals surface area contributed by atoms with Crippen LogP contribution < -0.4 is 11.0 Å². The van der Waals surface area contributed by atoms with Crippen molar-refractivity contribution < 1.29 is 0 Å². The van der Waals surface area contributed by atoms with Gasteiger partial charge in [0.05, 0.1) is 6.07 Å². The number of thioether (sulfide) groups is 1. The molecule has 0 amide bonds. The normalized spacial score (nSPS) is 18.3. The fourth-order valence-corrected chi connectivity index (χ4v) is 3.30. The molecule has 2 rings (SSSR count). The van der Waals surface area contributed by atoms with Gasteiger partial charge in [-0.2, -0.15) is 5.26 Å². The number of rotatable bonds is 6. The highest BCUT2D eigenvalue weighted by molar-refractivity contribution is 7.99. The van der Waals surface area contributed by atoms with Crippen molar-refractivity contribution >= 4 is 11.8 Å². The first-order valence-corrected chi connectivity index (χ1v) is 7.03. The molecule has 1 aliphatic carbocycles. The molecular formula is C11H17N5OS. The summed E-state index contributed by atoms with van der Waals surface area (Å²) in [4.78, 5) is 11.4. The second kappa shape index (κ2) is 5.16. The van der Waals surface area contributed by atoms with Crippen LogP contribution in [0.2, 0.25) is 0 Å². The Morgan fingerprint density at radius 1 is 1.72 bits per heavy atom. The van der Waals surface area contributed by atoms with Crippen molar-refractivity contribution in [2.24, 2.45) is 5.92 Å². The first-order valence-electron chi connectivity index (χ1n) is 6.05. The third-order valence-corrected chi connectivity index (χ3v) is 4.56. The number of nitriles is 1. The lowest BCUT2D eigenvalue weighted by Crippen LogP contribution is -2.46. The van der Waals surface area contributed by atoms with Crippen LogP contribution in [0.25, 0.3) is 0 Å². The van der Waals surface area contributed by atoms with E-state index in [0.29, 0.717) is 23.4 Å². The summed E-state index contributed by atoms with van der Waals surface area (Å²) >= 11 is 1.45. The minimum atomic E-state index is -0.502. The Hall–Kier alpha value is -1.26. The van der Waals surface area contributed by atoms with Gasteiger partial charge in [0.2, 0.25) is 0 Å². The van der Waals surface area contributed by atoms with Gasteiger partial charge in [-0.1, -0.05) is 11.8 Å². The minimum Gasteiger partial charge on any atom is -0.302 e. The molecule has 1 heterocycles. The molecule has 0 bridgehead atoms. The summed E-state index contributed by atoms with van der Waals surface area (Å²) in [6.07, 6.45) is 2.19. The van der Waals surface area contributed by atoms with Crippen molar-refractivity contribution in [3.8, 4) is 6.07 Å². The highest BCUT2D eigenvalue weighted by atomic mass is 32.2. The van der Waals surface area contributed by atoms with Crippen molar-refractivity contribution in [3.63, 3.8) is 0 Å². The molecule has 2 N–H and O–H groups in total. The van der Waals surface area contributed by atoms with Gasteiger partial charge in [-0.15, -0.1) is 5.10 Å². The number of nitrogens with zero attached hydrogens (tertiary/aromatic N) is 3. The van der Waals surface area contributed by atoms with Crippen LogP contribution in [0.15, 0.2) is 9.95 Å². The molecule has 0 radical (unpaired) electrons. The number of aromatic amines is 1. The third-order valence-electron chi connectivity index (χ3n) is 3.39. The molecule has 0 saturated heterocycles. The first-order chi connectivity index (χ1) is 8.66. The topological polar surface area (TPSA) is 86.5 Å². The zero-order valence-electron chi connectivity index (χ0n) is 10.6. The zero-order chi connectivity index (χ0) is 13.2. The lowest BCUT2D eigenvalue weighted by atomic mass is 9.98. The molecule has 1 fully saturated rings. The maximum Gasteiger partial charge on any atom is 0.343 e. The SMILES string of the molecule is CCn1c(SCC(C#N)(NC)C2CC2)n[nH]c1=O. The minimum absolute atomic E-state index is 0.196. The van der Waals surface area contributed by atoms with E-state index in [0.717, 1.165) is 12.8 Å². The van der Waals surface area contributed by atoms with Crippen molar-refractivity contribution in [2.75, 3.05) is 12.8 Å². The number of nitrogens with one attached hydrogen (secondary N) is 2. The molecule has 1 saturated carbocycles. The molecular weight excluding hydrogens is 250 g/mol. The molecule has 1 aliphatic rings. The standard InChI is InChI=1S/C11H17N5OS/c1-3-16-9(17)14-15-10(16)18-7-11(6-12,13-2)8-4-5-8/h8,13H,3-5,7H2,1-2H3,(H,14,17). The summed E-state index contributed by atoms with van der Waals surface area (Å²) in [5.41, 5.74) is -0.698. The van der Waals surface area contributed by atoms with Crippen LogP contribution in [0.5, 0.6) is 0 Å². The van der Waals surface area contributed by atoms with E-state index in [1.165, 1.54) is 11.8 Å². The summed E-state index contributed by atoms with van der Waals surface area (Å²) in [5.74, 6) is 1.02. The quantitative estimate of drug-likeness (QED) is 0.736. The monoisotopic (exact) mass is 267 g/mol. The lowest BCUT2D eigenvalue weighted by Gasteiger charge is -2.25. The molecule has 0 aromatic carbocycles. The predicted molar refractivity (Wildman–Crippen MR) is 69.4 cm³/mol. The van der Waals surface area contributed by atoms with Crippen molar-refractivity contribution in [2.45, 2.75) is 37.0 Å². The van der Waals surface area contributed by atoms with Crippen LogP contribution >= 0.6 is 11.8 Å². The number of hydrogen-bond donors (Lipinski definition) is 2. The van der Waals surface area contributed by atoms with E-state index in [1.54, 1.807) is 4.57 Å². The highest BCUT2D eigenvalue weighted by Gasteiger charge is 2.44. The molecule has 1 atom stereocenters. The summed E-state index contributed by atoms with van der Waals surface area (Å²) in [6.45, 7) is 2.48. The van der Waals surface area contributed by atoms with Gasteiger partial charge < -0.3 is 5.32 Å². The van der Waals surface area contributed by atoms with Gasteiger partial charge in [0.25, 0.3) is 0 Å². The molecule has 1 aromatic heterocycles. The molecule has 98 valence electrons. The second-order valence-corrected chi connectivity index (χ2v) is 5.39. The van der Waals surface area contributed by atoms with Crippen LogP contribution in [-0.2, 0) is 6.54 Å². The van der Waals surface area contributed by atoms with Crippen molar-refractivity contribution in [3.05, 3.63) is 10.5 Å². The zero-order valence-corrected chi connectivity index (χ0v) is 11.4. The summed E-state index contributed by atoms with van der Waals surface area (Å²) in [7, 11) is 1.82. The van der Waals surface area contributed by atoms with E-state index in [4.69, 9.17) is 0 Å². The van der Waals surface area contributed by atoms with Gasteiger partial charge in [-0.3, -0.25) is 4.57 Å². The van der Waals surface area contributed by atoms with Gasteiger partial charge in [0.1, 0.15) is 5.54 Å². The Kier molecular flexibility index (Phi) is 3.78. The highest BCUT2D eigenvalue weighted by Crippen LogP contribution is 2.41. The molecule has 18 heavy (non-hydrogen) atoms. The smallest absolute Gasteiger partial charge is 0.302 e. The molecule has 1 unspecified atom stereocenters. The van der Waals surface area contributed by atoms with Crippen LogP contribution in [0, 0.1) is 17.2 Å². The molecule has 0 aliphatic heterocycles. The van der Waals surface area contributed by atoms with Crippen LogP contribution in [-0.4, -0.2) is 33.1 Å². The molecule has 0 spiro atoms. The van der Waals surface area contributed by atoms with Crippen LogP contribution in [0.3, 0.4) is 0 Å². The third kappa shape index (κ3) is 2.31. The van der Waals surface area contributed by atoms with Crippen LogP contribution in [0.1, 0.15) is 19.8 Å². The number of hydrogen-bond acceptors (Lipinski definition) is 5. The summed E-state index contributed by atoms with van der Waals surface area (Å²) < 4.78 is 1.58. The predicted octanol–water partition coefficient (Wildman–Crippen LogP) is 0.575. The average Bonchev–Trinajstić information content (AvgIpc) is 3.17. The molecule has 1 aromatic rings. The first kappa shape index (κ1) is 13.2. The Balaban J connectivity index is 2.10. The second-order valence-electron chi connectivity index (χ2n) is 4.45. The van der Waals surface area contributed by atoms with Crippen molar-refractivity contribution in [1.82, 2.24) is 20.1 Å². The molecule has 7 heteroatoms. The van der Waals surface area contributed by atoms with Gasteiger partial charge in [0.15, 0.2) is 5.16 Å². The van der Waals surface area contributed by atoms with E-state index in [-0.39, 0.29) is 5.69 Å². The van der Waals surface area contributed by atoms with Gasteiger partial charge in [0, 0.05) is 12.3 Å². The Morgan fingerprint density at radius 2 is 2.44 bits per heavy atom. The fourth-order valence-electron chi connectivity index (χ4n) is 2.02. The number of H-pyrrole nitrogens is 1. The lowest BCUT2D eigenvalue weighted by molar-refractivity contribution is 0.440. The Bertz CT molecular complexity index is 512. The largest absolute Gasteiger partial charge is 0.343 e.